The quantitative estimate of drug-likeness (QED) is 0.565. The number of nitrogens with zero attached hydrogens (tertiary/aromatic N) is 1. The van der Waals surface area contributed by atoms with E-state index in [4.69, 9.17) is 39.5 Å². The largest absolute Gasteiger partial charge is 0.487 e. The second-order valence-corrected chi connectivity index (χ2v) is 5.61. The zero-order valence-corrected chi connectivity index (χ0v) is 13.1. The number of hydrogen-bond acceptors (Lipinski definition) is 2. The van der Waals surface area contributed by atoms with E-state index in [1.54, 1.807) is 18.2 Å². The van der Waals surface area contributed by atoms with E-state index in [1.165, 1.54) is 0 Å². The number of halogens is 3. The van der Waals surface area contributed by atoms with E-state index in [1.807, 2.05) is 30.3 Å². The van der Waals surface area contributed by atoms with Crippen LogP contribution >= 0.6 is 34.8 Å². The Bertz CT molecular complexity index is 805. The highest BCUT2D eigenvalue weighted by Crippen LogP contribution is 2.32. The lowest BCUT2D eigenvalue weighted by Gasteiger charge is -2.10. The van der Waals surface area contributed by atoms with Gasteiger partial charge in [-0.15, -0.1) is 0 Å². The summed E-state index contributed by atoms with van der Waals surface area (Å²) in [6, 6.07) is 15.0. The van der Waals surface area contributed by atoms with Crippen molar-refractivity contribution in [3.63, 3.8) is 0 Å². The Balaban J connectivity index is 1.88. The highest BCUT2D eigenvalue weighted by molar-refractivity contribution is 6.42. The molecule has 1 aromatic heterocycles. The molecule has 0 atom stereocenters. The summed E-state index contributed by atoms with van der Waals surface area (Å²) >= 11 is 18.2. The average molecular weight is 339 g/mol. The maximum Gasteiger partial charge on any atom is 0.139 e. The standard InChI is InChI=1S/C16H10Cl3NO/c17-12-5-3-7-14(15(12)18)21-9-11-8-10-4-1-2-6-13(10)20-16(11)19/h1-8H,9H2. The summed E-state index contributed by atoms with van der Waals surface area (Å²) in [6.45, 7) is 0.275. The molecule has 21 heavy (non-hydrogen) atoms. The Morgan fingerprint density at radius 3 is 2.62 bits per heavy atom. The van der Waals surface area contributed by atoms with Gasteiger partial charge in [-0.25, -0.2) is 4.98 Å². The van der Waals surface area contributed by atoms with Crippen LogP contribution in [0.3, 0.4) is 0 Å². The molecule has 0 aliphatic rings. The highest BCUT2D eigenvalue weighted by atomic mass is 35.5. The molecule has 0 saturated carbocycles. The summed E-state index contributed by atoms with van der Waals surface area (Å²) in [5, 5.41) is 2.28. The molecule has 0 amide bonds. The molecule has 0 N–H and O–H groups in total. The van der Waals surface area contributed by atoms with Gasteiger partial charge < -0.3 is 4.74 Å². The van der Waals surface area contributed by atoms with E-state index in [2.05, 4.69) is 4.98 Å². The van der Waals surface area contributed by atoms with Crippen molar-refractivity contribution in [1.82, 2.24) is 4.98 Å². The number of aromatic nitrogens is 1. The molecular formula is C16H10Cl3NO. The third-order valence-electron chi connectivity index (χ3n) is 3.05. The molecule has 0 bridgehead atoms. The Labute approximate surface area is 137 Å². The lowest BCUT2D eigenvalue weighted by Crippen LogP contribution is -1.98. The summed E-state index contributed by atoms with van der Waals surface area (Å²) < 4.78 is 5.69. The summed E-state index contributed by atoms with van der Waals surface area (Å²) in [7, 11) is 0. The lowest BCUT2D eigenvalue weighted by atomic mass is 10.2. The van der Waals surface area contributed by atoms with Crippen molar-refractivity contribution in [3.05, 3.63) is 69.3 Å². The maximum atomic E-state index is 6.19. The van der Waals surface area contributed by atoms with E-state index in [9.17, 15) is 0 Å². The molecule has 2 nitrogen and oxygen atoms in total. The molecule has 0 saturated heterocycles. The van der Waals surface area contributed by atoms with Gasteiger partial charge in [-0.2, -0.15) is 0 Å². The third-order valence-corrected chi connectivity index (χ3v) is 4.18. The molecule has 106 valence electrons. The number of ether oxygens (including phenoxy) is 1. The summed E-state index contributed by atoms with van der Waals surface area (Å²) in [4.78, 5) is 4.35. The number of pyridine rings is 1. The first-order valence-corrected chi connectivity index (χ1v) is 7.39. The Kier molecular flexibility index (Phi) is 4.20. The van der Waals surface area contributed by atoms with E-state index in [0.29, 0.717) is 20.9 Å². The van der Waals surface area contributed by atoms with Gasteiger partial charge >= 0.3 is 0 Å². The number of fused-ring (bicyclic) bond motifs is 1. The minimum absolute atomic E-state index is 0.275. The number of rotatable bonds is 3. The van der Waals surface area contributed by atoms with Gasteiger partial charge in [0.2, 0.25) is 0 Å². The van der Waals surface area contributed by atoms with Gasteiger partial charge in [0.25, 0.3) is 0 Å². The molecule has 0 spiro atoms. The van der Waals surface area contributed by atoms with Gasteiger partial charge in [-0.3, -0.25) is 0 Å². The Hall–Kier alpha value is -1.48. The summed E-state index contributed by atoms with van der Waals surface area (Å²) in [5.74, 6) is 0.522. The zero-order valence-electron chi connectivity index (χ0n) is 10.8. The molecule has 2 aromatic carbocycles. The van der Waals surface area contributed by atoms with Crippen LogP contribution in [-0.2, 0) is 6.61 Å². The molecule has 1 heterocycles. The van der Waals surface area contributed by atoms with Crippen molar-refractivity contribution in [2.75, 3.05) is 0 Å². The summed E-state index contributed by atoms with van der Waals surface area (Å²) in [6.07, 6.45) is 0. The van der Waals surface area contributed by atoms with E-state index >= 15 is 0 Å². The Morgan fingerprint density at radius 1 is 0.952 bits per heavy atom. The monoisotopic (exact) mass is 337 g/mol. The van der Waals surface area contributed by atoms with Gasteiger partial charge in [-0.1, -0.05) is 59.1 Å². The molecule has 0 aliphatic carbocycles. The zero-order chi connectivity index (χ0) is 14.8. The van der Waals surface area contributed by atoms with Gasteiger partial charge in [0, 0.05) is 10.9 Å². The van der Waals surface area contributed by atoms with Gasteiger partial charge in [0.1, 0.15) is 22.5 Å². The van der Waals surface area contributed by atoms with Gasteiger partial charge in [0.15, 0.2) is 0 Å². The van der Waals surface area contributed by atoms with Crippen LogP contribution < -0.4 is 4.74 Å². The van der Waals surface area contributed by atoms with Gasteiger partial charge in [0.05, 0.1) is 10.5 Å². The van der Waals surface area contributed by atoms with Crippen molar-refractivity contribution in [3.8, 4) is 5.75 Å². The van der Waals surface area contributed by atoms with Crippen LogP contribution in [0.15, 0.2) is 48.5 Å². The van der Waals surface area contributed by atoms with E-state index in [0.717, 1.165) is 16.5 Å². The van der Waals surface area contributed by atoms with Crippen LogP contribution in [-0.4, -0.2) is 4.98 Å². The van der Waals surface area contributed by atoms with Crippen LogP contribution in [0.2, 0.25) is 15.2 Å². The van der Waals surface area contributed by atoms with Crippen LogP contribution in [0.1, 0.15) is 5.56 Å². The summed E-state index contributed by atoms with van der Waals surface area (Å²) in [5.41, 5.74) is 1.65. The minimum Gasteiger partial charge on any atom is -0.487 e. The number of para-hydroxylation sites is 1. The first-order chi connectivity index (χ1) is 10.1. The minimum atomic E-state index is 0.275. The fourth-order valence-electron chi connectivity index (χ4n) is 1.99. The average Bonchev–Trinajstić information content (AvgIpc) is 2.49. The van der Waals surface area contributed by atoms with Gasteiger partial charge in [-0.05, 0) is 24.3 Å². The van der Waals surface area contributed by atoms with Crippen molar-refractivity contribution >= 4 is 45.7 Å². The topological polar surface area (TPSA) is 22.1 Å². The predicted octanol–water partition coefficient (Wildman–Crippen LogP) is 5.77. The SMILES string of the molecule is Clc1cccc(OCc2cc3ccccc3nc2Cl)c1Cl. The molecular weight excluding hydrogens is 329 g/mol. The molecule has 0 aliphatic heterocycles. The lowest BCUT2D eigenvalue weighted by molar-refractivity contribution is 0.306. The maximum absolute atomic E-state index is 6.19. The third kappa shape index (κ3) is 3.08. The number of hydrogen-bond donors (Lipinski definition) is 0. The van der Waals surface area contributed by atoms with Crippen LogP contribution in [0.25, 0.3) is 10.9 Å². The van der Waals surface area contributed by atoms with Crippen LogP contribution in [0, 0.1) is 0 Å². The van der Waals surface area contributed by atoms with Crippen LogP contribution in [0.5, 0.6) is 5.75 Å². The van der Waals surface area contributed by atoms with E-state index < -0.39 is 0 Å². The second kappa shape index (κ2) is 6.10. The molecule has 3 aromatic rings. The first-order valence-electron chi connectivity index (χ1n) is 6.26. The van der Waals surface area contributed by atoms with Crippen molar-refractivity contribution in [2.45, 2.75) is 6.61 Å². The molecule has 5 heteroatoms. The fourth-order valence-corrected chi connectivity index (χ4v) is 2.53. The van der Waals surface area contributed by atoms with Crippen LogP contribution in [0.4, 0.5) is 0 Å². The smallest absolute Gasteiger partial charge is 0.139 e. The molecule has 0 unspecified atom stereocenters. The van der Waals surface area contributed by atoms with E-state index in [-0.39, 0.29) is 6.61 Å². The highest BCUT2D eigenvalue weighted by Gasteiger charge is 2.09. The number of benzene rings is 2. The molecule has 0 fully saturated rings. The van der Waals surface area contributed by atoms with Crippen molar-refractivity contribution in [1.29, 1.82) is 0 Å². The van der Waals surface area contributed by atoms with Crippen molar-refractivity contribution in [2.24, 2.45) is 0 Å². The Morgan fingerprint density at radius 2 is 1.76 bits per heavy atom. The second-order valence-electron chi connectivity index (χ2n) is 4.47. The molecule has 3 rings (SSSR count). The van der Waals surface area contributed by atoms with Crippen molar-refractivity contribution < 1.29 is 4.74 Å². The molecule has 0 radical (unpaired) electrons. The first kappa shape index (κ1) is 14.5. The predicted molar refractivity (Wildman–Crippen MR) is 87.5 cm³/mol. The normalized spacial score (nSPS) is 10.8. The fraction of sp³-hybridized carbons (Fsp3) is 0.0625.